The highest BCUT2D eigenvalue weighted by Crippen LogP contribution is 2.23. The minimum atomic E-state index is -0.324. The van der Waals surface area contributed by atoms with Crippen LogP contribution in [0.4, 0.5) is 5.69 Å². The first-order valence-corrected chi connectivity index (χ1v) is 8.60. The van der Waals surface area contributed by atoms with Crippen LogP contribution in [-0.4, -0.2) is 23.1 Å². The summed E-state index contributed by atoms with van der Waals surface area (Å²) in [6.07, 6.45) is 0. The van der Waals surface area contributed by atoms with E-state index in [2.05, 4.69) is 10.3 Å². The highest BCUT2D eigenvalue weighted by Gasteiger charge is 2.18. The number of hydrogen-bond donors (Lipinski definition) is 2. The number of rotatable bonds is 2. The van der Waals surface area contributed by atoms with E-state index in [1.54, 1.807) is 34.7 Å². The Kier molecular flexibility index (Phi) is 3.78. The van der Waals surface area contributed by atoms with Crippen molar-refractivity contribution in [2.24, 2.45) is 0 Å². The molecule has 25 heavy (non-hydrogen) atoms. The van der Waals surface area contributed by atoms with Gasteiger partial charge in [0.25, 0.3) is 11.5 Å². The summed E-state index contributed by atoms with van der Waals surface area (Å²) >= 11 is 6.56. The first-order valence-electron chi connectivity index (χ1n) is 7.38. The van der Waals surface area contributed by atoms with Gasteiger partial charge in [-0.05, 0) is 30.4 Å². The molecule has 5 nitrogen and oxygen atoms in total. The van der Waals surface area contributed by atoms with Crippen molar-refractivity contribution in [1.82, 2.24) is 9.38 Å². The van der Waals surface area contributed by atoms with E-state index in [1.807, 2.05) is 18.2 Å². The fourth-order valence-electron chi connectivity index (χ4n) is 2.67. The molecule has 0 atom stereocenters. The first-order chi connectivity index (χ1) is 12.0. The number of aromatic amines is 1. The topological polar surface area (TPSA) is 66.4 Å². The number of fused-ring (bicyclic) bond motifs is 3. The molecule has 2 aromatic carbocycles. The second-order valence-corrected chi connectivity index (χ2v) is 7.08. The molecule has 0 saturated carbocycles. The maximum absolute atomic E-state index is 12.6. The number of nitrogens with zero attached hydrogens (tertiary/aromatic N) is 1. The molecular weight excluding hydrogens is 353 g/mol. The van der Waals surface area contributed by atoms with Crippen molar-refractivity contribution in [3.8, 4) is 0 Å². The van der Waals surface area contributed by atoms with Crippen molar-refractivity contribution >= 4 is 65.0 Å². The highest BCUT2D eigenvalue weighted by molar-refractivity contribution is 7.73. The van der Waals surface area contributed by atoms with Gasteiger partial charge in [-0.3, -0.25) is 14.0 Å². The normalized spacial score (nSPS) is 11.0. The number of anilines is 1. The van der Waals surface area contributed by atoms with Gasteiger partial charge in [-0.25, -0.2) is 0 Å². The summed E-state index contributed by atoms with van der Waals surface area (Å²) in [5, 5.41) is 3.24. The van der Waals surface area contributed by atoms with Crippen LogP contribution in [0.15, 0.2) is 53.3 Å². The number of para-hydroxylation sites is 1. The van der Waals surface area contributed by atoms with Gasteiger partial charge in [0.05, 0.1) is 10.9 Å². The van der Waals surface area contributed by atoms with Crippen LogP contribution >= 0.6 is 23.6 Å². The molecule has 0 bridgehead atoms. The van der Waals surface area contributed by atoms with Crippen LogP contribution < -0.4 is 16.3 Å². The standard InChI is InChI=1S/C17H10BN3O2S2/c18-9-6-7-12-11(8-9)15(22)20-14-13(25-17(24)21(12)14)16(23)19-10-4-2-1-3-5-10/h1-8H,(H,19,23)(H,20,22). The fraction of sp³-hybridized carbons (Fsp3) is 0. The van der Waals surface area contributed by atoms with Crippen LogP contribution in [0.1, 0.15) is 9.67 Å². The lowest BCUT2D eigenvalue weighted by atomic mass is 9.95. The molecule has 0 fully saturated rings. The van der Waals surface area contributed by atoms with E-state index in [1.165, 1.54) is 0 Å². The van der Waals surface area contributed by atoms with Gasteiger partial charge < -0.3 is 10.3 Å². The van der Waals surface area contributed by atoms with Gasteiger partial charge in [0, 0.05) is 5.69 Å². The number of carbonyl (C=O) groups is 1. The largest absolute Gasteiger partial charge is 0.321 e. The number of nitrogens with one attached hydrogen (secondary N) is 2. The summed E-state index contributed by atoms with van der Waals surface area (Å²) < 4.78 is 2.16. The summed E-state index contributed by atoms with van der Waals surface area (Å²) in [6.45, 7) is 0. The van der Waals surface area contributed by atoms with Crippen molar-refractivity contribution in [3.05, 3.63) is 67.7 Å². The monoisotopic (exact) mass is 363 g/mol. The van der Waals surface area contributed by atoms with Gasteiger partial charge in [0.2, 0.25) is 0 Å². The van der Waals surface area contributed by atoms with E-state index in [4.69, 9.17) is 20.1 Å². The average Bonchev–Trinajstić information content (AvgIpc) is 2.93. The highest BCUT2D eigenvalue weighted by atomic mass is 32.1. The van der Waals surface area contributed by atoms with Crippen molar-refractivity contribution in [2.45, 2.75) is 0 Å². The number of benzene rings is 2. The minimum absolute atomic E-state index is 0.316. The van der Waals surface area contributed by atoms with Crippen LogP contribution in [0.2, 0.25) is 0 Å². The Morgan fingerprint density at radius 3 is 2.72 bits per heavy atom. The van der Waals surface area contributed by atoms with Gasteiger partial charge in [-0.1, -0.05) is 47.1 Å². The molecule has 0 unspecified atom stereocenters. The maximum Gasteiger partial charge on any atom is 0.269 e. The van der Waals surface area contributed by atoms with Gasteiger partial charge in [0.15, 0.2) is 3.95 Å². The van der Waals surface area contributed by atoms with E-state index in [0.29, 0.717) is 36.5 Å². The molecule has 0 aliphatic rings. The molecule has 0 aliphatic heterocycles. The third-order valence-electron chi connectivity index (χ3n) is 3.79. The van der Waals surface area contributed by atoms with E-state index in [0.717, 1.165) is 11.3 Å². The lowest BCUT2D eigenvalue weighted by Crippen LogP contribution is -2.16. The Bertz CT molecular complexity index is 1240. The number of carbonyl (C=O) groups excluding carboxylic acids is 1. The molecule has 0 spiro atoms. The second-order valence-electron chi connectivity index (χ2n) is 5.43. The Hall–Kier alpha value is -2.71. The molecule has 2 heterocycles. The first kappa shape index (κ1) is 15.8. The van der Waals surface area contributed by atoms with Crippen LogP contribution in [0.5, 0.6) is 0 Å². The van der Waals surface area contributed by atoms with Crippen LogP contribution in [0, 0.1) is 3.95 Å². The molecule has 2 radical (unpaired) electrons. The zero-order chi connectivity index (χ0) is 17.6. The molecular formula is C17H10BN3O2S2. The Labute approximate surface area is 152 Å². The lowest BCUT2D eigenvalue weighted by Gasteiger charge is -2.05. The zero-order valence-electron chi connectivity index (χ0n) is 12.8. The average molecular weight is 363 g/mol. The molecule has 4 rings (SSSR count). The van der Waals surface area contributed by atoms with Crippen LogP contribution in [0.25, 0.3) is 16.6 Å². The van der Waals surface area contributed by atoms with Crippen molar-refractivity contribution < 1.29 is 4.79 Å². The summed E-state index contributed by atoms with van der Waals surface area (Å²) in [5.74, 6) is -0.324. The van der Waals surface area contributed by atoms with Crippen LogP contribution in [0.3, 0.4) is 0 Å². The SMILES string of the molecule is [B]c1ccc2c(c1)c(=O)[nH]c1c(C(=O)Nc3ccccc3)sc(=S)n12. The number of aromatic nitrogens is 2. The predicted molar refractivity (Wildman–Crippen MR) is 104 cm³/mol. The summed E-state index contributed by atoms with van der Waals surface area (Å²) in [6, 6.07) is 14.1. The minimum Gasteiger partial charge on any atom is -0.321 e. The number of thiazole rings is 1. The third kappa shape index (κ3) is 2.69. The molecule has 120 valence electrons. The molecule has 0 saturated heterocycles. The molecule has 8 heteroatoms. The van der Waals surface area contributed by atoms with Gasteiger partial charge in [-0.15, -0.1) is 0 Å². The Balaban J connectivity index is 1.93. The van der Waals surface area contributed by atoms with Gasteiger partial charge >= 0.3 is 0 Å². The summed E-state index contributed by atoms with van der Waals surface area (Å²) in [5.41, 5.74) is 1.84. The molecule has 2 N–H and O–H groups in total. The zero-order valence-corrected chi connectivity index (χ0v) is 14.4. The van der Waals surface area contributed by atoms with Crippen molar-refractivity contribution in [3.63, 3.8) is 0 Å². The Morgan fingerprint density at radius 1 is 1.20 bits per heavy atom. The smallest absolute Gasteiger partial charge is 0.269 e. The van der Waals surface area contributed by atoms with E-state index >= 15 is 0 Å². The van der Waals surface area contributed by atoms with Gasteiger partial charge in [-0.2, -0.15) is 0 Å². The number of amides is 1. The summed E-state index contributed by atoms with van der Waals surface area (Å²) in [7, 11) is 5.76. The molecule has 2 aromatic heterocycles. The molecule has 0 aliphatic carbocycles. The molecule has 4 aromatic rings. The van der Waals surface area contributed by atoms with E-state index in [-0.39, 0.29) is 11.5 Å². The second kappa shape index (κ2) is 5.98. The number of hydrogen-bond acceptors (Lipinski definition) is 4. The third-order valence-corrected chi connectivity index (χ3v) is 5.16. The molecule has 1 amide bonds. The maximum atomic E-state index is 12.6. The predicted octanol–water partition coefficient (Wildman–Crippen LogP) is 2.62. The quantitative estimate of drug-likeness (QED) is 0.425. The fourth-order valence-corrected chi connectivity index (χ4v) is 3.95. The van der Waals surface area contributed by atoms with Crippen LogP contribution in [-0.2, 0) is 0 Å². The Morgan fingerprint density at radius 2 is 1.96 bits per heavy atom. The van der Waals surface area contributed by atoms with Gasteiger partial charge in [0.1, 0.15) is 18.4 Å². The van der Waals surface area contributed by atoms with E-state index < -0.39 is 0 Å². The summed E-state index contributed by atoms with van der Waals surface area (Å²) in [4.78, 5) is 28.1. The van der Waals surface area contributed by atoms with E-state index in [9.17, 15) is 9.59 Å². The lowest BCUT2D eigenvalue weighted by molar-refractivity contribution is 0.103. The van der Waals surface area contributed by atoms with Crippen molar-refractivity contribution in [2.75, 3.05) is 5.32 Å². The number of H-pyrrole nitrogens is 1. The van der Waals surface area contributed by atoms with Crippen molar-refractivity contribution in [1.29, 1.82) is 0 Å².